The molecule has 1 aliphatic rings. The van der Waals surface area contributed by atoms with Gasteiger partial charge in [-0.2, -0.15) is 0 Å². The Kier molecular flexibility index (Phi) is 4.82. The third-order valence-corrected chi connectivity index (χ3v) is 2.65. The fourth-order valence-electron chi connectivity index (χ4n) is 1.67. The molecule has 0 saturated heterocycles. The number of alkyl halides is 3. The molecule has 1 rings (SSSR count). The standard InChI is InChI=1S/C9H17F3N2O/c10-9(11,12)15-7-6-14(5-4-13)8-2-1-3-8/h8H,1-7,13H2. The fraction of sp³-hybridized carbons (Fsp3) is 1.00. The van der Waals surface area contributed by atoms with Gasteiger partial charge in [-0.15, -0.1) is 13.2 Å². The van der Waals surface area contributed by atoms with Crippen LogP contribution in [0.1, 0.15) is 19.3 Å². The van der Waals surface area contributed by atoms with Gasteiger partial charge in [0.05, 0.1) is 6.61 Å². The van der Waals surface area contributed by atoms with Crippen molar-refractivity contribution < 1.29 is 17.9 Å². The van der Waals surface area contributed by atoms with Gasteiger partial charge in [0.15, 0.2) is 0 Å². The van der Waals surface area contributed by atoms with Crippen molar-refractivity contribution in [1.29, 1.82) is 0 Å². The maximum atomic E-state index is 11.7. The van der Waals surface area contributed by atoms with Crippen molar-refractivity contribution in [1.82, 2.24) is 4.90 Å². The highest BCUT2D eigenvalue weighted by Crippen LogP contribution is 2.24. The first-order valence-electron chi connectivity index (χ1n) is 5.18. The lowest BCUT2D eigenvalue weighted by molar-refractivity contribution is -0.325. The molecular formula is C9H17F3N2O. The van der Waals surface area contributed by atoms with E-state index >= 15 is 0 Å². The molecule has 0 radical (unpaired) electrons. The van der Waals surface area contributed by atoms with E-state index in [0.29, 0.717) is 25.7 Å². The van der Waals surface area contributed by atoms with E-state index in [-0.39, 0.29) is 6.61 Å². The largest absolute Gasteiger partial charge is 0.522 e. The van der Waals surface area contributed by atoms with Gasteiger partial charge in [-0.1, -0.05) is 6.42 Å². The van der Waals surface area contributed by atoms with Crippen LogP contribution in [0.3, 0.4) is 0 Å². The summed E-state index contributed by atoms with van der Waals surface area (Å²) >= 11 is 0. The maximum Gasteiger partial charge on any atom is 0.522 e. The average molecular weight is 226 g/mol. The van der Waals surface area contributed by atoms with Gasteiger partial charge in [-0.25, -0.2) is 0 Å². The van der Waals surface area contributed by atoms with Crippen molar-refractivity contribution in [3.63, 3.8) is 0 Å². The number of nitrogens with zero attached hydrogens (tertiary/aromatic N) is 1. The van der Waals surface area contributed by atoms with Gasteiger partial charge in [-0.3, -0.25) is 9.64 Å². The molecule has 0 amide bonds. The van der Waals surface area contributed by atoms with E-state index in [1.54, 1.807) is 0 Å². The smallest absolute Gasteiger partial charge is 0.329 e. The molecule has 3 nitrogen and oxygen atoms in total. The van der Waals surface area contributed by atoms with E-state index < -0.39 is 6.36 Å². The van der Waals surface area contributed by atoms with Crippen molar-refractivity contribution in [3.8, 4) is 0 Å². The molecular weight excluding hydrogens is 209 g/mol. The number of hydrogen-bond donors (Lipinski definition) is 1. The molecule has 2 N–H and O–H groups in total. The Balaban J connectivity index is 2.19. The van der Waals surface area contributed by atoms with Gasteiger partial charge in [-0.05, 0) is 12.8 Å². The molecule has 15 heavy (non-hydrogen) atoms. The average Bonchev–Trinajstić information content (AvgIpc) is 1.98. The van der Waals surface area contributed by atoms with Crippen LogP contribution in [0, 0.1) is 0 Å². The highest BCUT2D eigenvalue weighted by Gasteiger charge is 2.30. The molecule has 1 aliphatic carbocycles. The summed E-state index contributed by atoms with van der Waals surface area (Å²) in [5.74, 6) is 0. The Bertz CT molecular complexity index is 183. The molecule has 0 heterocycles. The first kappa shape index (κ1) is 12.7. The molecule has 0 aliphatic heterocycles. The number of halogens is 3. The third kappa shape index (κ3) is 4.81. The topological polar surface area (TPSA) is 38.5 Å². The fourth-order valence-corrected chi connectivity index (χ4v) is 1.67. The van der Waals surface area contributed by atoms with Crippen LogP contribution in [0.5, 0.6) is 0 Å². The van der Waals surface area contributed by atoms with Gasteiger partial charge in [0.25, 0.3) is 0 Å². The molecule has 1 saturated carbocycles. The summed E-state index contributed by atoms with van der Waals surface area (Å²) in [6, 6.07) is 0.408. The summed E-state index contributed by atoms with van der Waals surface area (Å²) in [6.07, 6.45) is -1.24. The molecule has 0 unspecified atom stereocenters. The van der Waals surface area contributed by atoms with Crippen LogP contribution in [-0.2, 0) is 4.74 Å². The van der Waals surface area contributed by atoms with Crippen LogP contribution >= 0.6 is 0 Å². The first-order chi connectivity index (χ1) is 7.03. The van der Waals surface area contributed by atoms with Crippen molar-refractivity contribution in [2.24, 2.45) is 5.73 Å². The maximum absolute atomic E-state index is 11.7. The van der Waals surface area contributed by atoms with Crippen molar-refractivity contribution >= 4 is 0 Å². The predicted molar refractivity (Wildman–Crippen MR) is 50.3 cm³/mol. The van der Waals surface area contributed by atoms with Gasteiger partial charge in [0.1, 0.15) is 0 Å². The van der Waals surface area contributed by atoms with E-state index in [2.05, 4.69) is 4.74 Å². The van der Waals surface area contributed by atoms with Crippen LogP contribution in [0.15, 0.2) is 0 Å². The predicted octanol–water partition coefficient (Wildman–Crippen LogP) is 1.34. The van der Waals surface area contributed by atoms with Crippen LogP contribution < -0.4 is 5.73 Å². The normalized spacial score (nSPS) is 18.2. The number of hydrogen-bond acceptors (Lipinski definition) is 3. The second-order valence-electron chi connectivity index (χ2n) is 3.70. The van der Waals surface area contributed by atoms with E-state index in [1.807, 2.05) is 4.90 Å². The monoisotopic (exact) mass is 226 g/mol. The molecule has 0 aromatic rings. The van der Waals surface area contributed by atoms with Crippen LogP contribution in [0.4, 0.5) is 13.2 Å². The molecule has 0 aromatic heterocycles. The molecule has 90 valence electrons. The Morgan fingerprint density at radius 3 is 2.33 bits per heavy atom. The summed E-state index contributed by atoms with van der Waals surface area (Å²) in [4.78, 5) is 1.98. The number of rotatable bonds is 6. The zero-order valence-electron chi connectivity index (χ0n) is 8.59. The molecule has 0 atom stereocenters. The van der Waals surface area contributed by atoms with Gasteiger partial charge < -0.3 is 5.73 Å². The van der Waals surface area contributed by atoms with Gasteiger partial charge in [0, 0.05) is 25.7 Å². The second-order valence-corrected chi connectivity index (χ2v) is 3.70. The SMILES string of the molecule is NCCN(CCOC(F)(F)F)C1CCC1. The van der Waals surface area contributed by atoms with Crippen molar-refractivity contribution in [2.45, 2.75) is 31.7 Å². The van der Waals surface area contributed by atoms with E-state index in [9.17, 15) is 13.2 Å². The van der Waals surface area contributed by atoms with E-state index in [1.165, 1.54) is 0 Å². The minimum Gasteiger partial charge on any atom is -0.329 e. The van der Waals surface area contributed by atoms with Crippen molar-refractivity contribution in [2.75, 3.05) is 26.2 Å². The lowest BCUT2D eigenvalue weighted by atomic mass is 9.91. The van der Waals surface area contributed by atoms with Gasteiger partial charge in [0.2, 0.25) is 0 Å². The van der Waals surface area contributed by atoms with Crippen molar-refractivity contribution in [3.05, 3.63) is 0 Å². The minimum atomic E-state index is -4.52. The summed E-state index contributed by atoms with van der Waals surface area (Å²) in [6.45, 7) is 1.12. The van der Waals surface area contributed by atoms with E-state index in [4.69, 9.17) is 5.73 Å². The Labute approximate surface area is 87.4 Å². The lowest BCUT2D eigenvalue weighted by Crippen LogP contribution is -2.44. The second kappa shape index (κ2) is 5.67. The Hall–Kier alpha value is -0.330. The van der Waals surface area contributed by atoms with E-state index in [0.717, 1.165) is 19.3 Å². The summed E-state index contributed by atoms with van der Waals surface area (Å²) < 4.78 is 38.9. The third-order valence-electron chi connectivity index (χ3n) is 2.65. The summed E-state index contributed by atoms with van der Waals surface area (Å²) in [5, 5.41) is 0. The molecule has 6 heteroatoms. The molecule has 0 spiro atoms. The van der Waals surface area contributed by atoms with Crippen LogP contribution in [0.2, 0.25) is 0 Å². The number of nitrogens with two attached hydrogens (primary N) is 1. The number of ether oxygens (including phenoxy) is 1. The Morgan fingerprint density at radius 1 is 1.27 bits per heavy atom. The summed E-state index contributed by atoms with van der Waals surface area (Å²) in [7, 11) is 0. The highest BCUT2D eigenvalue weighted by molar-refractivity contribution is 4.80. The van der Waals surface area contributed by atoms with Crippen LogP contribution in [0.25, 0.3) is 0 Å². The first-order valence-corrected chi connectivity index (χ1v) is 5.18. The van der Waals surface area contributed by atoms with Gasteiger partial charge >= 0.3 is 6.36 Å². The molecule has 1 fully saturated rings. The Morgan fingerprint density at radius 2 is 1.93 bits per heavy atom. The quantitative estimate of drug-likeness (QED) is 0.742. The zero-order valence-corrected chi connectivity index (χ0v) is 8.59. The van der Waals surface area contributed by atoms with Crippen LogP contribution in [-0.4, -0.2) is 43.5 Å². The summed E-state index contributed by atoms with van der Waals surface area (Å²) in [5.41, 5.74) is 5.40. The highest BCUT2D eigenvalue weighted by atomic mass is 19.4. The molecule has 0 bridgehead atoms. The molecule has 0 aromatic carbocycles. The lowest BCUT2D eigenvalue weighted by Gasteiger charge is -2.37. The zero-order chi connectivity index (χ0) is 11.3. The minimum absolute atomic E-state index is 0.306.